The van der Waals surface area contributed by atoms with E-state index in [9.17, 15) is 9.59 Å². The molecule has 0 aromatic heterocycles. The van der Waals surface area contributed by atoms with Crippen LogP contribution >= 0.6 is 0 Å². The second-order valence-electron chi connectivity index (χ2n) is 9.65. The first-order chi connectivity index (χ1) is 13.8. The van der Waals surface area contributed by atoms with Crippen LogP contribution in [0.15, 0.2) is 0 Å². The van der Waals surface area contributed by atoms with E-state index < -0.39 is 17.7 Å². The number of rotatable bonds is 1. The fourth-order valence-corrected chi connectivity index (χ4v) is 6.14. The molecule has 0 N–H and O–H groups in total. The highest BCUT2D eigenvalue weighted by Crippen LogP contribution is 2.60. The summed E-state index contributed by atoms with van der Waals surface area (Å²) in [7, 11) is 0. The summed E-state index contributed by atoms with van der Waals surface area (Å²) >= 11 is 0. The third kappa shape index (κ3) is 2.90. The number of nitrogens with zero attached hydrogens (tertiary/aromatic N) is 1. The molecule has 5 aliphatic heterocycles. The second-order valence-corrected chi connectivity index (χ2v) is 9.65. The number of piperidine rings is 1. The maximum Gasteiger partial charge on any atom is 0.410 e. The average Bonchev–Trinajstić information content (AvgIpc) is 2.94. The van der Waals surface area contributed by atoms with E-state index in [4.69, 9.17) is 24.0 Å². The van der Waals surface area contributed by atoms with E-state index in [2.05, 4.69) is 6.92 Å². The lowest BCUT2D eigenvalue weighted by molar-refractivity contribution is -0.560. The number of hydrogen-bond acceptors (Lipinski definition) is 7. The molecule has 8 nitrogen and oxygen atoms in total. The summed E-state index contributed by atoms with van der Waals surface area (Å²) in [5, 5.41) is 0. The van der Waals surface area contributed by atoms with Crippen molar-refractivity contribution in [3.63, 3.8) is 0 Å². The van der Waals surface area contributed by atoms with Crippen LogP contribution in [0.2, 0.25) is 0 Å². The zero-order valence-electron chi connectivity index (χ0n) is 17.4. The highest BCUT2D eigenvalue weighted by atomic mass is 17.3. The van der Waals surface area contributed by atoms with Gasteiger partial charge in [-0.05, 0) is 44.9 Å². The highest BCUT2D eigenvalue weighted by Gasteiger charge is 2.71. The molecule has 1 spiro atoms. The van der Waals surface area contributed by atoms with Gasteiger partial charge >= 0.3 is 12.1 Å². The minimum atomic E-state index is -0.932. The molecule has 6 rings (SSSR count). The largest absolute Gasteiger partial charge is 0.446 e. The Hall–Kier alpha value is -1.38. The van der Waals surface area contributed by atoms with Crippen LogP contribution in [0.25, 0.3) is 0 Å². The third-order valence-corrected chi connectivity index (χ3v) is 7.93. The fraction of sp³-hybridized carbons (Fsp3) is 0.905. The minimum Gasteiger partial charge on any atom is -0.446 e. The molecular formula is C21H31NO7. The number of carbonyl (C=O) groups is 2. The molecule has 0 aromatic carbocycles. The number of ether oxygens (including phenoxy) is 3. The smallest absolute Gasteiger partial charge is 0.410 e. The number of likely N-dealkylation sites (tertiary alicyclic amines) is 1. The lowest BCUT2D eigenvalue weighted by Crippen LogP contribution is -2.71. The maximum absolute atomic E-state index is 12.8. The molecular weight excluding hydrogens is 378 g/mol. The molecule has 29 heavy (non-hydrogen) atoms. The Morgan fingerprint density at radius 1 is 1.14 bits per heavy atom. The molecule has 1 amide bonds. The van der Waals surface area contributed by atoms with Crippen molar-refractivity contribution in [1.29, 1.82) is 0 Å². The molecule has 1 saturated carbocycles. The van der Waals surface area contributed by atoms with Crippen molar-refractivity contribution in [2.75, 3.05) is 13.1 Å². The molecule has 5 heterocycles. The molecule has 0 radical (unpaired) electrons. The summed E-state index contributed by atoms with van der Waals surface area (Å²) in [6.45, 7) is 7.29. The standard InChI is InChI=1S/C21H31NO7/c1-12-14-7-8-20(3)27-18-21(14,29-28-20)15(13(2)17(23)26-18)11-16(12)25-19(24)22-9-5-4-6-10-22/h12-16,18H,4-11H2,1-3H3/t12-,13+,14-,15-,16-,18+,20?,21+/m0/s1. The van der Waals surface area contributed by atoms with Gasteiger partial charge in [0.05, 0.1) is 5.92 Å². The van der Waals surface area contributed by atoms with Crippen molar-refractivity contribution in [1.82, 2.24) is 4.90 Å². The van der Waals surface area contributed by atoms with Gasteiger partial charge in [-0.25, -0.2) is 14.6 Å². The Labute approximate surface area is 171 Å². The summed E-state index contributed by atoms with van der Waals surface area (Å²) in [4.78, 5) is 39.0. The summed E-state index contributed by atoms with van der Waals surface area (Å²) in [5.74, 6) is -1.76. The van der Waals surface area contributed by atoms with Crippen LogP contribution in [0, 0.1) is 23.7 Å². The molecule has 2 bridgehead atoms. The van der Waals surface area contributed by atoms with Crippen LogP contribution < -0.4 is 0 Å². The topological polar surface area (TPSA) is 83.5 Å². The third-order valence-electron chi connectivity index (χ3n) is 7.93. The van der Waals surface area contributed by atoms with E-state index >= 15 is 0 Å². The Kier molecular flexibility index (Phi) is 4.60. The number of carbonyl (C=O) groups excluding carboxylic acids is 2. The van der Waals surface area contributed by atoms with Crippen molar-refractivity contribution >= 4 is 12.1 Å². The fourth-order valence-electron chi connectivity index (χ4n) is 6.14. The second kappa shape index (κ2) is 6.82. The molecule has 0 aromatic rings. The van der Waals surface area contributed by atoms with Gasteiger partial charge in [0.15, 0.2) is 5.60 Å². The van der Waals surface area contributed by atoms with Gasteiger partial charge in [-0.15, -0.1) is 0 Å². The summed E-state index contributed by atoms with van der Waals surface area (Å²) in [6, 6.07) is 0. The van der Waals surface area contributed by atoms with Gasteiger partial charge in [0.1, 0.15) is 6.10 Å². The van der Waals surface area contributed by atoms with Crippen molar-refractivity contribution in [3.05, 3.63) is 0 Å². The highest BCUT2D eigenvalue weighted by molar-refractivity contribution is 5.74. The Bertz CT molecular complexity index is 695. The van der Waals surface area contributed by atoms with E-state index in [0.29, 0.717) is 12.8 Å². The average molecular weight is 409 g/mol. The van der Waals surface area contributed by atoms with Crippen LogP contribution in [0.3, 0.4) is 0 Å². The van der Waals surface area contributed by atoms with Gasteiger partial charge in [-0.2, -0.15) is 0 Å². The van der Waals surface area contributed by atoms with E-state index in [1.54, 1.807) is 0 Å². The van der Waals surface area contributed by atoms with E-state index in [-0.39, 0.29) is 41.8 Å². The number of hydrogen-bond donors (Lipinski definition) is 0. The van der Waals surface area contributed by atoms with Gasteiger partial charge in [-0.1, -0.05) is 13.8 Å². The molecule has 1 unspecified atom stereocenters. The maximum atomic E-state index is 12.8. The van der Waals surface area contributed by atoms with Crippen molar-refractivity contribution in [2.24, 2.45) is 23.7 Å². The number of amides is 1. The molecule has 8 heteroatoms. The van der Waals surface area contributed by atoms with Gasteiger partial charge in [0.2, 0.25) is 12.1 Å². The van der Waals surface area contributed by atoms with Crippen LogP contribution in [0.4, 0.5) is 4.79 Å². The zero-order valence-corrected chi connectivity index (χ0v) is 17.4. The SMILES string of the molecule is C[C@@H]1[C@@H](OC(=O)N2CCCCC2)C[C@H]2[C@@H](C)C(=O)O[C@@H]3OC4(C)CC[C@@H]1[C@]32OO4. The molecule has 8 atom stereocenters. The molecule has 6 fully saturated rings. The Balaban J connectivity index is 1.44. The monoisotopic (exact) mass is 409 g/mol. The van der Waals surface area contributed by atoms with Crippen LogP contribution in [0.1, 0.15) is 59.3 Å². The molecule has 1 aliphatic carbocycles. The van der Waals surface area contributed by atoms with Crippen LogP contribution in [-0.2, 0) is 28.8 Å². The first kappa shape index (κ1) is 19.6. The number of fused-ring (bicyclic) bond motifs is 2. The van der Waals surface area contributed by atoms with E-state index in [1.165, 1.54) is 0 Å². The lowest BCUT2D eigenvalue weighted by Gasteiger charge is -2.59. The van der Waals surface area contributed by atoms with Crippen LogP contribution in [0.5, 0.6) is 0 Å². The predicted molar refractivity (Wildman–Crippen MR) is 99.1 cm³/mol. The van der Waals surface area contributed by atoms with Gasteiger partial charge in [0, 0.05) is 31.3 Å². The predicted octanol–water partition coefficient (Wildman–Crippen LogP) is 3.00. The minimum absolute atomic E-state index is 0.00489. The van der Waals surface area contributed by atoms with Gasteiger partial charge < -0.3 is 19.1 Å². The van der Waals surface area contributed by atoms with Crippen LogP contribution in [-0.4, -0.2) is 53.8 Å². The molecule has 6 aliphatic rings. The van der Waals surface area contributed by atoms with E-state index in [0.717, 1.165) is 38.8 Å². The van der Waals surface area contributed by atoms with Gasteiger partial charge in [0.25, 0.3) is 0 Å². The lowest BCUT2D eigenvalue weighted by atomic mass is 9.57. The summed E-state index contributed by atoms with van der Waals surface area (Å²) in [5.41, 5.74) is -0.850. The van der Waals surface area contributed by atoms with Crippen molar-refractivity contribution in [3.8, 4) is 0 Å². The van der Waals surface area contributed by atoms with Crippen molar-refractivity contribution < 1.29 is 33.6 Å². The molecule has 162 valence electrons. The zero-order chi connectivity index (χ0) is 20.4. The summed E-state index contributed by atoms with van der Waals surface area (Å²) in [6.07, 6.45) is 3.87. The Morgan fingerprint density at radius 2 is 1.90 bits per heavy atom. The first-order valence-electron chi connectivity index (χ1n) is 11.0. The van der Waals surface area contributed by atoms with E-state index in [1.807, 2.05) is 18.7 Å². The van der Waals surface area contributed by atoms with Crippen molar-refractivity contribution in [2.45, 2.75) is 83.1 Å². The van der Waals surface area contributed by atoms with Gasteiger partial charge in [-0.3, -0.25) is 4.79 Å². The first-order valence-corrected chi connectivity index (χ1v) is 11.0. The number of esters is 1. The molecule has 5 saturated heterocycles. The summed E-state index contributed by atoms with van der Waals surface area (Å²) < 4.78 is 17.8. The quantitative estimate of drug-likeness (QED) is 0.486. The Morgan fingerprint density at radius 3 is 2.66 bits per heavy atom. The normalized spacial score (nSPS) is 49.1.